The van der Waals surface area contributed by atoms with Gasteiger partial charge >= 0.3 is 5.97 Å². The van der Waals surface area contributed by atoms with Gasteiger partial charge in [-0.1, -0.05) is 35.3 Å². The first kappa shape index (κ1) is 14.6. The van der Waals surface area contributed by atoms with E-state index in [9.17, 15) is 4.79 Å². The number of aromatic nitrogens is 1. The van der Waals surface area contributed by atoms with E-state index in [-0.39, 0.29) is 15.7 Å². The molecule has 1 aromatic heterocycles. The second kappa shape index (κ2) is 6.59. The second-order valence-corrected chi connectivity index (χ2v) is 4.53. The van der Waals surface area contributed by atoms with Gasteiger partial charge in [0.25, 0.3) is 0 Å². The number of rotatable bonds is 4. The fourth-order valence-corrected chi connectivity index (χ4v) is 1.77. The average Bonchev–Trinajstić information content (AvgIpc) is 2.44. The van der Waals surface area contributed by atoms with Gasteiger partial charge in [0.05, 0.1) is 17.2 Å². The number of hydrogen-bond acceptors (Lipinski definition) is 4. The van der Waals surface area contributed by atoms with E-state index in [4.69, 9.17) is 32.7 Å². The number of ether oxygens (including phenoxy) is 2. The van der Waals surface area contributed by atoms with Crippen molar-refractivity contribution in [3.05, 3.63) is 52.3 Å². The Balaban J connectivity index is 2.21. The maximum atomic E-state index is 12.0. The molecule has 1 heterocycles. The summed E-state index contributed by atoms with van der Waals surface area (Å²) in [4.78, 5) is 15.8. The predicted octanol–water partition coefficient (Wildman–Crippen LogP) is 4.01. The molecule has 0 saturated heterocycles. The molecular formula is C14H11Cl2NO3. The number of pyridine rings is 1. The van der Waals surface area contributed by atoms with Crippen molar-refractivity contribution in [2.24, 2.45) is 0 Å². The van der Waals surface area contributed by atoms with E-state index >= 15 is 0 Å². The fraction of sp³-hybridized carbons (Fsp3) is 0.143. The Bertz CT molecular complexity index is 632. The number of nitrogens with zero attached hydrogens (tertiary/aromatic N) is 1. The molecule has 0 unspecified atom stereocenters. The summed E-state index contributed by atoms with van der Waals surface area (Å²) in [6.45, 7) is 2.32. The van der Waals surface area contributed by atoms with Crippen LogP contribution in [0.3, 0.4) is 0 Å². The standard InChI is InChI=1S/C14H11Cl2NO3/c1-2-19-11-5-3-4-6-12(11)20-14(18)9-7-10(15)13(16)17-8-9/h3-8H,2H2,1H3. The first-order valence-electron chi connectivity index (χ1n) is 5.87. The zero-order valence-electron chi connectivity index (χ0n) is 10.6. The third kappa shape index (κ3) is 3.40. The smallest absolute Gasteiger partial charge is 0.345 e. The molecule has 2 aromatic rings. The summed E-state index contributed by atoms with van der Waals surface area (Å²) in [6.07, 6.45) is 1.31. The van der Waals surface area contributed by atoms with Gasteiger partial charge in [-0.15, -0.1) is 0 Å². The number of para-hydroxylation sites is 2. The molecule has 0 atom stereocenters. The van der Waals surface area contributed by atoms with Crippen molar-refractivity contribution in [2.75, 3.05) is 6.61 Å². The Morgan fingerprint density at radius 3 is 2.60 bits per heavy atom. The average molecular weight is 312 g/mol. The van der Waals surface area contributed by atoms with E-state index in [0.717, 1.165) is 0 Å². The molecule has 20 heavy (non-hydrogen) atoms. The van der Waals surface area contributed by atoms with Gasteiger partial charge in [0.1, 0.15) is 5.15 Å². The zero-order valence-corrected chi connectivity index (χ0v) is 12.1. The topological polar surface area (TPSA) is 48.4 Å². The molecule has 0 aliphatic rings. The molecule has 2 rings (SSSR count). The SMILES string of the molecule is CCOc1ccccc1OC(=O)c1cnc(Cl)c(Cl)c1. The molecule has 0 aliphatic carbocycles. The van der Waals surface area contributed by atoms with E-state index in [0.29, 0.717) is 18.1 Å². The number of halogens is 2. The molecule has 0 radical (unpaired) electrons. The lowest BCUT2D eigenvalue weighted by molar-refractivity contribution is 0.0728. The van der Waals surface area contributed by atoms with E-state index in [2.05, 4.69) is 4.98 Å². The fourth-order valence-electron chi connectivity index (χ4n) is 1.50. The van der Waals surface area contributed by atoms with E-state index in [1.165, 1.54) is 12.3 Å². The molecule has 0 N–H and O–H groups in total. The number of carbonyl (C=O) groups is 1. The van der Waals surface area contributed by atoms with Crippen molar-refractivity contribution >= 4 is 29.2 Å². The van der Waals surface area contributed by atoms with Gasteiger partial charge in [-0.3, -0.25) is 0 Å². The molecule has 0 saturated carbocycles. The quantitative estimate of drug-likeness (QED) is 0.486. The Hall–Kier alpha value is -1.78. The maximum Gasteiger partial charge on any atom is 0.345 e. The Labute approximate surface area is 126 Å². The van der Waals surface area contributed by atoms with Crippen LogP contribution in [0.2, 0.25) is 10.2 Å². The minimum Gasteiger partial charge on any atom is -0.490 e. The van der Waals surface area contributed by atoms with Crippen LogP contribution in [0.15, 0.2) is 36.5 Å². The molecule has 0 amide bonds. The Morgan fingerprint density at radius 2 is 1.95 bits per heavy atom. The number of carbonyl (C=O) groups excluding carboxylic acids is 1. The molecule has 6 heteroatoms. The first-order chi connectivity index (χ1) is 9.61. The summed E-state index contributed by atoms with van der Waals surface area (Å²) in [6, 6.07) is 8.32. The van der Waals surface area contributed by atoms with Crippen molar-refractivity contribution in [1.29, 1.82) is 0 Å². The van der Waals surface area contributed by atoms with Gasteiger partial charge in [0.15, 0.2) is 11.5 Å². The highest BCUT2D eigenvalue weighted by molar-refractivity contribution is 6.41. The highest BCUT2D eigenvalue weighted by Gasteiger charge is 2.14. The molecule has 0 bridgehead atoms. The van der Waals surface area contributed by atoms with E-state index in [1.54, 1.807) is 24.3 Å². The summed E-state index contributed by atoms with van der Waals surface area (Å²) in [5.74, 6) is 0.255. The number of esters is 1. The lowest BCUT2D eigenvalue weighted by Crippen LogP contribution is -2.10. The van der Waals surface area contributed by atoms with Crippen molar-refractivity contribution in [3.8, 4) is 11.5 Å². The van der Waals surface area contributed by atoms with E-state index in [1.807, 2.05) is 6.92 Å². The monoisotopic (exact) mass is 311 g/mol. The molecule has 1 aromatic carbocycles. The molecule has 0 spiro atoms. The predicted molar refractivity (Wildman–Crippen MR) is 76.8 cm³/mol. The molecule has 0 aliphatic heterocycles. The molecule has 0 fully saturated rings. The Kier molecular flexibility index (Phi) is 4.82. The number of hydrogen-bond donors (Lipinski definition) is 0. The minimum absolute atomic E-state index is 0.137. The van der Waals surface area contributed by atoms with Crippen LogP contribution < -0.4 is 9.47 Å². The maximum absolute atomic E-state index is 12.0. The molecular weight excluding hydrogens is 301 g/mol. The normalized spacial score (nSPS) is 10.2. The van der Waals surface area contributed by atoms with Gasteiger partial charge in [-0.25, -0.2) is 9.78 Å². The highest BCUT2D eigenvalue weighted by atomic mass is 35.5. The lowest BCUT2D eigenvalue weighted by Gasteiger charge is -2.10. The van der Waals surface area contributed by atoms with Crippen molar-refractivity contribution in [3.63, 3.8) is 0 Å². The van der Waals surface area contributed by atoms with Gasteiger partial charge in [-0.05, 0) is 25.1 Å². The van der Waals surface area contributed by atoms with Crippen LogP contribution in [0.25, 0.3) is 0 Å². The summed E-state index contributed by atoms with van der Waals surface area (Å²) >= 11 is 11.5. The van der Waals surface area contributed by atoms with Crippen LogP contribution in [0.5, 0.6) is 11.5 Å². The van der Waals surface area contributed by atoms with E-state index < -0.39 is 5.97 Å². The zero-order chi connectivity index (χ0) is 14.5. The first-order valence-corrected chi connectivity index (χ1v) is 6.62. The van der Waals surface area contributed by atoms with Crippen molar-refractivity contribution in [2.45, 2.75) is 6.92 Å². The van der Waals surface area contributed by atoms with Crippen LogP contribution in [0, 0.1) is 0 Å². The van der Waals surface area contributed by atoms with Crippen LogP contribution in [0.1, 0.15) is 17.3 Å². The summed E-state index contributed by atoms with van der Waals surface area (Å²) in [7, 11) is 0. The molecule has 4 nitrogen and oxygen atoms in total. The molecule has 104 valence electrons. The van der Waals surface area contributed by atoms with Crippen LogP contribution in [-0.4, -0.2) is 17.6 Å². The summed E-state index contributed by atoms with van der Waals surface area (Å²) < 4.78 is 10.6. The van der Waals surface area contributed by atoms with Crippen LogP contribution in [0.4, 0.5) is 0 Å². The summed E-state index contributed by atoms with van der Waals surface area (Å²) in [5, 5.41) is 0.331. The van der Waals surface area contributed by atoms with Crippen LogP contribution >= 0.6 is 23.2 Å². The minimum atomic E-state index is -0.580. The van der Waals surface area contributed by atoms with Gasteiger partial charge < -0.3 is 9.47 Å². The largest absolute Gasteiger partial charge is 0.490 e. The summed E-state index contributed by atoms with van der Waals surface area (Å²) in [5.41, 5.74) is 0.214. The van der Waals surface area contributed by atoms with Crippen molar-refractivity contribution in [1.82, 2.24) is 4.98 Å². The third-order valence-electron chi connectivity index (χ3n) is 2.38. The van der Waals surface area contributed by atoms with Gasteiger partial charge in [-0.2, -0.15) is 0 Å². The van der Waals surface area contributed by atoms with Crippen LogP contribution in [-0.2, 0) is 0 Å². The van der Waals surface area contributed by atoms with Gasteiger partial charge in [0.2, 0.25) is 0 Å². The van der Waals surface area contributed by atoms with Gasteiger partial charge in [0, 0.05) is 6.20 Å². The van der Waals surface area contributed by atoms with Crippen molar-refractivity contribution < 1.29 is 14.3 Å². The third-order valence-corrected chi connectivity index (χ3v) is 3.07. The number of benzene rings is 1. The Morgan fingerprint density at radius 1 is 1.25 bits per heavy atom. The lowest BCUT2D eigenvalue weighted by atomic mass is 10.3. The highest BCUT2D eigenvalue weighted by Crippen LogP contribution is 2.27. The second-order valence-electron chi connectivity index (χ2n) is 3.77.